The number of para-hydroxylation sites is 1. The minimum atomic E-state index is -0.357. The Hall–Kier alpha value is -2.35. The summed E-state index contributed by atoms with van der Waals surface area (Å²) in [6, 6.07) is 7.64. The lowest BCUT2D eigenvalue weighted by atomic mass is 9.53. The van der Waals surface area contributed by atoms with Gasteiger partial charge in [0.05, 0.1) is 11.4 Å². The predicted molar refractivity (Wildman–Crippen MR) is 119 cm³/mol. The summed E-state index contributed by atoms with van der Waals surface area (Å²) >= 11 is 1.29. The monoisotopic (exact) mass is 439 g/mol. The summed E-state index contributed by atoms with van der Waals surface area (Å²) in [6.45, 7) is 3.92. The number of amides is 3. The highest BCUT2D eigenvalue weighted by Gasteiger charge is 2.51. The standard InChI is InChI=1S/C23H29N5O2S/c1-14-5-3-4-6-19(14)28-15(2)26-27-22(28)31-13-20(29)24-21(30)25-23-10-16-7-17(11-23)9-18(8-16)12-23/h3-6,16-18H,7-13H2,1-2H3,(H2,24,25,29,30). The Morgan fingerprint density at radius 3 is 2.35 bits per heavy atom. The molecule has 2 aromatic rings. The van der Waals surface area contributed by atoms with E-state index in [9.17, 15) is 9.59 Å². The van der Waals surface area contributed by atoms with E-state index >= 15 is 0 Å². The van der Waals surface area contributed by atoms with Crippen LogP contribution in [0.3, 0.4) is 0 Å². The highest BCUT2D eigenvalue weighted by molar-refractivity contribution is 7.99. The van der Waals surface area contributed by atoms with Crippen molar-refractivity contribution in [3.05, 3.63) is 35.7 Å². The molecule has 0 radical (unpaired) electrons. The molecule has 1 aromatic heterocycles. The quantitative estimate of drug-likeness (QED) is 0.693. The van der Waals surface area contributed by atoms with Crippen molar-refractivity contribution < 1.29 is 9.59 Å². The number of nitrogens with one attached hydrogen (secondary N) is 2. The molecule has 3 amide bonds. The third-order valence-corrected chi connectivity index (χ3v) is 8.08. The molecule has 6 rings (SSSR count). The van der Waals surface area contributed by atoms with Crippen molar-refractivity contribution in [2.45, 2.75) is 63.1 Å². The summed E-state index contributed by atoms with van der Waals surface area (Å²) in [5.41, 5.74) is 1.99. The van der Waals surface area contributed by atoms with Crippen LogP contribution in [0, 0.1) is 31.6 Å². The topological polar surface area (TPSA) is 88.9 Å². The van der Waals surface area contributed by atoms with Crippen LogP contribution >= 0.6 is 11.8 Å². The number of rotatable bonds is 5. The van der Waals surface area contributed by atoms with E-state index in [2.05, 4.69) is 20.8 Å². The second-order valence-corrected chi connectivity index (χ2v) is 10.6. The largest absolute Gasteiger partial charge is 0.332 e. The molecule has 31 heavy (non-hydrogen) atoms. The molecule has 0 atom stereocenters. The van der Waals surface area contributed by atoms with E-state index in [1.165, 1.54) is 31.0 Å². The molecule has 4 bridgehead atoms. The van der Waals surface area contributed by atoms with Gasteiger partial charge in [-0.2, -0.15) is 0 Å². The molecule has 0 aliphatic heterocycles. The highest BCUT2D eigenvalue weighted by atomic mass is 32.2. The molecule has 4 aliphatic rings. The number of nitrogens with zero attached hydrogens (tertiary/aromatic N) is 3. The molecule has 7 nitrogen and oxygen atoms in total. The van der Waals surface area contributed by atoms with E-state index in [0.717, 1.165) is 54.1 Å². The van der Waals surface area contributed by atoms with E-state index in [1.54, 1.807) is 0 Å². The summed E-state index contributed by atoms with van der Waals surface area (Å²) in [5.74, 6) is 2.79. The molecule has 0 saturated heterocycles. The lowest BCUT2D eigenvalue weighted by molar-refractivity contribution is -0.117. The number of hydrogen-bond acceptors (Lipinski definition) is 5. The van der Waals surface area contributed by atoms with Crippen LogP contribution in [-0.4, -0.2) is 38.0 Å². The van der Waals surface area contributed by atoms with Gasteiger partial charge in [-0.1, -0.05) is 30.0 Å². The molecular formula is C23H29N5O2S. The zero-order chi connectivity index (χ0) is 21.6. The lowest BCUT2D eigenvalue weighted by Gasteiger charge is -2.56. The fourth-order valence-corrected chi connectivity index (χ4v) is 7.15. The second-order valence-electron chi connectivity index (χ2n) is 9.64. The molecule has 0 unspecified atom stereocenters. The molecule has 8 heteroatoms. The maximum Gasteiger partial charge on any atom is 0.321 e. The molecule has 4 saturated carbocycles. The van der Waals surface area contributed by atoms with Gasteiger partial charge in [0.1, 0.15) is 5.82 Å². The SMILES string of the molecule is Cc1ccccc1-n1c(C)nnc1SCC(=O)NC(=O)NC12CC3CC(CC(C3)C1)C2. The van der Waals surface area contributed by atoms with Gasteiger partial charge in [0, 0.05) is 5.54 Å². The maximum absolute atomic E-state index is 12.6. The van der Waals surface area contributed by atoms with Crippen LogP contribution in [0.2, 0.25) is 0 Å². The Bertz CT molecular complexity index is 982. The van der Waals surface area contributed by atoms with Gasteiger partial charge < -0.3 is 5.32 Å². The van der Waals surface area contributed by atoms with Gasteiger partial charge in [0.25, 0.3) is 0 Å². The van der Waals surface area contributed by atoms with Crippen molar-refractivity contribution in [1.82, 2.24) is 25.4 Å². The van der Waals surface area contributed by atoms with Gasteiger partial charge in [-0.05, 0) is 81.8 Å². The minimum Gasteiger partial charge on any atom is -0.332 e. The number of aryl methyl sites for hydroxylation is 2. The zero-order valence-electron chi connectivity index (χ0n) is 18.1. The number of urea groups is 1. The number of carbonyl (C=O) groups excluding carboxylic acids is 2. The molecule has 164 valence electrons. The predicted octanol–water partition coefficient (Wildman–Crippen LogP) is 3.77. The fourth-order valence-electron chi connectivity index (χ4n) is 6.36. The van der Waals surface area contributed by atoms with Crippen LogP contribution in [0.15, 0.2) is 29.4 Å². The van der Waals surface area contributed by atoms with Crippen molar-refractivity contribution in [1.29, 1.82) is 0 Å². The Morgan fingerprint density at radius 1 is 1.06 bits per heavy atom. The summed E-state index contributed by atoms with van der Waals surface area (Å²) < 4.78 is 1.95. The van der Waals surface area contributed by atoms with Crippen molar-refractivity contribution in [3.8, 4) is 5.69 Å². The first kappa shape index (κ1) is 20.5. The Kier molecular flexibility index (Phi) is 5.28. The zero-order valence-corrected chi connectivity index (χ0v) is 18.9. The Balaban J connectivity index is 1.19. The van der Waals surface area contributed by atoms with Gasteiger partial charge in [0.15, 0.2) is 5.16 Å². The first-order valence-electron chi connectivity index (χ1n) is 11.1. The Morgan fingerprint density at radius 2 is 1.71 bits per heavy atom. The fraction of sp³-hybridized carbons (Fsp3) is 0.565. The van der Waals surface area contributed by atoms with Crippen LogP contribution < -0.4 is 10.6 Å². The summed E-state index contributed by atoms with van der Waals surface area (Å²) in [5, 5.41) is 14.8. The average molecular weight is 440 g/mol. The van der Waals surface area contributed by atoms with Gasteiger partial charge in [0.2, 0.25) is 5.91 Å². The summed E-state index contributed by atoms with van der Waals surface area (Å²) in [6.07, 6.45) is 7.15. The van der Waals surface area contributed by atoms with E-state index in [0.29, 0.717) is 5.16 Å². The van der Waals surface area contributed by atoms with Crippen molar-refractivity contribution >= 4 is 23.7 Å². The molecule has 4 aliphatic carbocycles. The maximum atomic E-state index is 12.6. The van der Waals surface area contributed by atoms with Gasteiger partial charge in [-0.15, -0.1) is 10.2 Å². The smallest absolute Gasteiger partial charge is 0.321 e. The summed E-state index contributed by atoms with van der Waals surface area (Å²) in [4.78, 5) is 25.1. The first-order valence-corrected chi connectivity index (χ1v) is 12.1. The molecule has 2 N–H and O–H groups in total. The minimum absolute atomic E-state index is 0.103. The number of thioether (sulfide) groups is 1. The average Bonchev–Trinajstić information content (AvgIpc) is 3.05. The van der Waals surface area contributed by atoms with Gasteiger partial charge in [-0.25, -0.2) is 4.79 Å². The number of aromatic nitrogens is 3. The first-order chi connectivity index (χ1) is 14.9. The third-order valence-electron chi connectivity index (χ3n) is 7.15. The van der Waals surface area contributed by atoms with Gasteiger partial charge >= 0.3 is 6.03 Å². The molecule has 1 heterocycles. The van der Waals surface area contributed by atoms with Crippen LogP contribution in [0.1, 0.15) is 49.9 Å². The third kappa shape index (κ3) is 4.10. The lowest BCUT2D eigenvalue weighted by Crippen LogP contribution is -2.61. The summed E-state index contributed by atoms with van der Waals surface area (Å²) in [7, 11) is 0. The molecule has 0 spiro atoms. The van der Waals surface area contributed by atoms with E-state index in [1.807, 2.05) is 42.7 Å². The Labute approximate surface area is 186 Å². The molecular weight excluding hydrogens is 410 g/mol. The van der Waals surface area contributed by atoms with Crippen molar-refractivity contribution in [2.75, 3.05) is 5.75 Å². The van der Waals surface area contributed by atoms with E-state index in [4.69, 9.17) is 0 Å². The van der Waals surface area contributed by atoms with Gasteiger partial charge in [-0.3, -0.25) is 14.7 Å². The molecule has 1 aromatic carbocycles. The second kappa shape index (κ2) is 7.97. The number of hydrogen-bond donors (Lipinski definition) is 2. The van der Waals surface area contributed by atoms with Crippen LogP contribution in [0.25, 0.3) is 5.69 Å². The van der Waals surface area contributed by atoms with Crippen LogP contribution in [0.4, 0.5) is 4.79 Å². The van der Waals surface area contributed by atoms with Crippen molar-refractivity contribution in [3.63, 3.8) is 0 Å². The van der Waals surface area contributed by atoms with E-state index in [-0.39, 0.29) is 23.2 Å². The number of benzene rings is 1. The highest BCUT2D eigenvalue weighted by Crippen LogP contribution is 2.55. The van der Waals surface area contributed by atoms with Crippen molar-refractivity contribution in [2.24, 2.45) is 17.8 Å². The number of imide groups is 1. The van der Waals surface area contributed by atoms with E-state index < -0.39 is 0 Å². The van der Waals surface area contributed by atoms with Crippen LogP contribution in [0.5, 0.6) is 0 Å². The number of carbonyl (C=O) groups is 2. The molecule has 4 fully saturated rings. The van der Waals surface area contributed by atoms with Crippen LogP contribution in [-0.2, 0) is 4.79 Å². The normalized spacial score (nSPS) is 28.5.